The van der Waals surface area contributed by atoms with E-state index < -0.39 is 36.8 Å². The Morgan fingerprint density at radius 1 is 1.16 bits per heavy atom. The van der Waals surface area contributed by atoms with Crippen LogP contribution in [0.4, 0.5) is 13.2 Å². The first-order valence-corrected chi connectivity index (χ1v) is 9.67. The number of nitrogens with one attached hydrogen (secondary N) is 1. The van der Waals surface area contributed by atoms with E-state index in [2.05, 4.69) is 5.32 Å². The number of benzene rings is 2. The van der Waals surface area contributed by atoms with Crippen molar-refractivity contribution in [3.8, 4) is 11.5 Å². The molecule has 9 heteroatoms. The van der Waals surface area contributed by atoms with Gasteiger partial charge in [-0.25, -0.2) is 0 Å². The predicted molar refractivity (Wildman–Crippen MR) is 106 cm³/mol. The lowest BCUT2D eigenvalue weighted by Crippen LogP contribution is -2.54. The summed E-state index contributed by atoms with van der Waals surface area (Å²) in [7, 11) is 2.85. The minimum absolute atomic E-state index is 0.125. The van der Waals surface area contributed by atoms with Gasteiger partial charge in [0.15, 0.2) is 11.9 Å². The number of rotatable bonds is 7. The third-order valence-electron chi connectivity index (χ3n) is 5.10. The number of hydrogen-bond donors (Lipinski definition) is 1. The molecular weight excluding hydrogens is 415 g/mol. The molecule has 2 unspecified atom stereocenters. The van der Waals surface area contributed by atoms with Crippen LogP contribution in [0.1, 0.15) is 30.3 Å². The van der Waals surface area contributed by atoms with Gasteiger partial charge in [0.2, 0.25) is 5.91 Å². The third kappa shape index (κ3) is 5.29. The molecule has 0 saturated carbocycles. The lowest BCUT2D eigenvalue weighted by Gasteiger charge is -2.42. The van der Waals surface area contributed by atoms with Gasteiger partial charge < -0.3 is 24.3 Å². The number of halogens is 3. The molecule has 1 heterocycles. The van der Waals surface area contributed by atoms with E-state index in [4.69, 9.17) is 18.9 Å². The predicted octanol–water partition coefficient (Wildman–Crippen LogP) is 4.15. The number of methoxy groups -OCH3 is 2. The van der Waals surface area contributed by atoms with Crippen LogP contribution in [0.3, 0.4) is 0 Å². The molecule has 168 valence electrons. The Morgan fingerprint density at radius 2 is 1.90 bits per heavy atom. The highest BCUT2D eigenvalue weighted by Crippen LogP contribution is 2.47. The molecule has 1 saturated heterocycles. The van der Waals surface area contributed by atoms with E-state index in [1.807, 2.05) is 6.07 Å². The highest BCUT2D eigenvalue weighted by molar-refractivity contribution is 5.77. The molecule has 6 nitrogen and oxygen atoms in total. The lowest BCUT2D eigenvalue weighted by molar-refractivity contribution is -0.356. The van der Waals surface area contributed by atoms with E-state index in [1.54, 1.807) is 30.3 Å². The van der Waals surface area contributed by atoms with Gasteiger partial charge in [-0.2, -0.15) is 13.2 Å². The summed E-state index contributed by atoms with van der Waals surface area (Å²) in [4.78, 5) is 12.4. The van der Waals surface area contributed by atoms with Crippen molar-refractivity contribution in [2.24, 2.45) is 0 Å². The third-order valence-corrected chi connectivity index (χ3v) is 5.10. The fourth-order valence-electron chi connectivity index (χ4n) is 3.35. The maximum atomic E-state index is 14.1. The summed E-state index contributed by atoms with van der Waals surface area (Å²) in [5.74, 6) is -0.0295. The molecule has 0 aliphatic carbocycles. The van der Waals surface area contributed by atoms with Crippen molar-refractivity contribution >= 4 is 5.91 Å². The van der Waals surface area contributed by atoms with Crippen LogP contribution in [0.25, 0.3) is 0 Å². The van der Waals surface area contributed by atoms with Gasteiger partial charge in [0.25, 0.3) is 0 Å². The van der Waals surface area contributed by atoms with Gasteiger partial charge in [-0.3, -0.25) is 4.79 Å². The molecule has 0 radical (unpaired) electrons. The number of hydrogen-bond acceptors (Lipinski definition) is 5. The highest BCUT2D eigenvalue weighted by Gasteiger charge is 2.59. The summed E-state index contributed by atoms with van der Waals surface area (Å²) >= 11 is 0. The Labute approximate surface area is 178 Å². The first-order chi connectivity index (χ1) is 14.8. The van der Waals surface area contributed by atoms with Crippen LogP contribution < -0.4 is 14.8 Å². The second-order valence-corrected chi connectivity index (χ2v) is 7.11. The number of alkyl halides is 3. The molecular formula is C22H24F3NO5. The molecule has 1 fully saturated rings. The largest absolute Gasteiger partial charge is 0.497 e. The van der Waals surface area contributed by atoms with Crippen molar-refractivity contribution in [1.29, 1.82) is 0 Å². The van der Waals surface area contributed by atoms with Gasteiger partial charge in [0, 0.05) is 19.0 Å². The number of amides is 1. The van der Waals surface area contributed by atoms with E-state index in [0.29, 0.717) is 5.75 Å². The van der Waals surface area contributed by atoms with Crippen LogP contribution >= 0.6 is 0 Å². The first kappa shape index (κ1) is 22.9. The molecule has 2 aromatic carbocycles. The molecule has 31 heavy (non-hydrogen) atoms. The molecule has 2 atom stereocenters. The maximum absolute atomic E-state index is 14.1. The first-order valence-electron chi connectivity index (χ1n) is 9.67. The fourth-order valence-corrected chi connectivity index (χ4v) is 3.35. The summed E-state index contributed by atoms with van der Waals surface area (Å²) in [6, 6.07) is 13.5. The Kier molecular flexibility index (Phi) is 7.07. The fraction of sp³-hybridized carbons (Fsp3) is 0.409. The molecule has 1 aliphatic heterocycles. The summed E-state index contributed by atoms with van der Waals surface area (Å²) in [6.07, 6.45) is -7.50. The summed E-state index contributed by atoms with van der Waals surface area (Å²) < 4.78 is 63.6. The van der Waals surface area contributed by atoms with Gasteiger partial charge in [0.05, 0.1) is 32.8 Å². The minimum atomic E-state index is -4.78. The normalized spacial score (nSPS) is 21.4. The Hall–Kier alpha value is -2.78. The Balaban J connectivity index is 1.79. The Morgan fingerprint density at radius 3 is 2.55 bits per heavy atom. The van der Waals surface area contributed by atoms with Gasteiger partial charge in [-0.05, 0) is 17.7 Å². The van der Waals surface area contributed by atoms with Crippen LogP contribution in [-0.2, 0) is 20.8 Å². The second-order valence-electron chi connectivity index (χ2n) is 7.11. The van der Waals surface area contributed by atoms with Crippen molar-refractivity contribution in [2.45, 2.75) is 37.5 Å². The lowest BCUT2D eigenvalue weighted by atomic mass is 9.92. The second kappa shape index (κ2) is 9.57. The zero-order valence-electron chi connectivity index (χ0n) is 17.2. The molecule has 1 N–H and O–H groups in total. The average Bonchev–Trinajstić information content (AvgIpc) is 2.77. The average molecular weight is 439 g/mol. The quantitative estimate of drug-likeness (QED) is 0.702. The van der Waals surface area contributed by atoms with Crippen molar-refractivity contribution < 1.29 is 36.9 Å². The summed E-state index contributed by atoms with van der Waals surface area (Å²) in [6.45, 7) is -0.106. The van der Waals surface area contributed by atoms with E-state index in [0.717, 1.165) is 5.56 Å². The number of carbonyl (C=O) groups excluding carboxylic acids is 1. The van der Waals surface area contributed by atoms with Crippen molar-refractivity contribution in [2.75, 3.05) is 20.8 Å². The van der Waals surface area contributed by atoms with E-state index in [-0.39, 0.29) is 24.5 Å². The molecule has 1 aliphatic rings. The van der Waals surface area contributed by atoms with Crippen LogP contribution in [0.5, 0.6) is 11.5 Å². The molecule has 0 bridgehead atoms. The molecule has 0 aromatic heterocycles. The molecule has 0 spiro atoms. The van der Waals surface area contributed by atoms with E-state index in [1.165, 1.54) is 26.4 Å². The Bertz CT molecular complexity index is 890. The maximum Gasteiger partial charge on any atom is 0.418 e. The number of carbonyl (C=O) groups is 1. The topological polar surface area (TPSA) is 66.0 Å². The molecule has 2 aromatic rings. The van der Waals surface area contributed by atoms with E-state index >= 15 is 0 Å². The van der Waals surface area contributed by atoms with Crippen LogP contribution in [0.2, 0.25) is 0 Å². The highest BCUT2D eigenvalue weighted by atomic mass is 19.4. The van der Waals surface area contributed by atoms with E-state index in [9.17, 15) is 18.0 Å². The standard InChI is InChI=1S/C22H24F3NO5/c1-28-16-8-9-17(18(12-16)29-2)20-30-11-10-21(31-20,22(23,24)25)13-19(27)26-14-15-6-4-3-5-7-15/h3-9,12,20H,10-11,13-14H2,1-2H3,(H,26,27). The smallest absolute Gasteiger partial charge is 0.418 e. The van der Waals surface area contributed by atoms with Crippen LogP contribution in [0.15, 0.2) is 48.5 Å². The van der Waals surface area contributed by atoms with Crippen molar-refractivity contribution in [3.63, 3.8) is 0 Å². The molecule has 3 rings (SSSR count). The van der Waals surface area contributed by atoms with Gasteiger partial charge >= 0.3 is 6.18 Å². The minimum Gasteiger partial charge on any atom is -0.497 e. The summed E-state index contributed by atoms with van der Waals surface area (Å²) in [5, 5.41) is 2.53. The SMILES string of the molecule is COc1ccc(C2OCCC(CC(=O)NCc3ccccc3)(C(F)(F)F)O2)c(OC)c1. The van der Waals surface area contributed by atoms with Crippen molar-refractivity contribution in [3.05, 3.63) is 59.7 Å². The number of ether oxygens (including phenoxy) is 4. The van der Waals surface area contributed by atoms with Crippen LogP contribution in [-0.4, -0.2) is 38.5 Å². The monoisotopic (exact) mass is 439 g/mol. The van der Waals surface area contributed by atoms with Gasteiger partial charge in [-0.1, -0.05) is 30.3 Å². The zero-order chi connectivity index (χ0) is 22.5. The van der Waals surface area contributed by atoms with Crippen molar-refractivity contribution in [1.82, 2.24) is 5.32 Å². The summed E-state index contributed by atoms with van der Waals surface area (Å²) in [5.41, 5.74) is -1.62. The van der Waals surface area contributed by atoms with Gasteiger partial charge in [-0.15, -0.1) is 0 Å². The van der Waals surface area contributed by atoms with Gasteiger partial charge in [0.1, 0.15) is 11.5 Å². The molecule has 1 amide bonds. The van der Waals surface area contributed by atoms with Crippen LogP contribution in [0, 0.1) is 0 Å². The zero-order valence-corrected chi connectivity index (χ0v) is 17.2.